The molecule has 1 aliphatic rings. The summed E-state index contributed by atoms with van der Waals surface area (Å²) in [6, 6.07) is 5.59. The number of nitrogens with zero attached hydrogens (tertiary/aromatic N) is 1. The molecule has 104 valence electrons. The lowest BCUT2D eigenvalue weighted by atomic mass is 10.1. The minimum absolute atomic E-state index is 0.00406. The third-order valence-electron chi connectivity index (χ3n) is 3.37. The molecule has 0 aliphatic carbocycles. The molecule has 0 saturated carbocycles. The monoisotopic (exact) mass is 265 g/mol. The SMILES string of the molecule is COc1cccc(NCC[C@H]2CCCN2)c1[N+](=O)[O-]. The van der Waals surface area contributed by atoms with Crippen LogP contribution in [-0.2, 0) is 0 Å². The van der Waals surface area contributed by atoms with Gasteiger partial charge in [0.2, 0.25) is 0 Å². The van der Waals surface area contributed by atoms with E-state index in [4.69, 9.17) is 4.74 Å². The molecule has 0 aromatic heterocycles. The first-order valence-corrected chi connectivity index (χ1v) is 6.51. The van der Waals surface area contributed by atoms with Gasteiger partial charge in [-0.25, -0.2) is 0 Å². The summed E-state index contributed by atoms with van der Waals surface area (Å²) < 4.78 is 5.03. The summed E-state index contributed by atoms with van der Waals surface area (Å²) in [4.78, 5) is 10.7. The number of nitro groups is 1. The maximum atomic E-state index is 11.1. The average molecular weight is 265 g/mol. The van der Waals surface area contributed by atoms with E-state index in [0.717, 1.165) is 13.0 Å². The number of anilines is 1. The summed E-state index contributed by atoms with van der Waals surface area (Å²) in [5.41, 5.74) is 0.520. The molecule has 2 rings (SSSR count). The van der Waals surface area contributed by atoms with E-state index in [1.54, 1.807) is 18.2 Å². The highest BCUT2D eigenvalue weighted by atomic mass is 16.6. The van der Waals surface area contributed by atoms with Crippen LogP contribution in [0.4, 0.5) is 11.4 Å². The Bertz CT molecular complexity index is 445. The van der Waals surface area contributed by atoms with Crippen molar-refractivity contribution in [3.8, 4) is 5.75 Å². The lowest BCUT2D eigenvalue weighted by molar-refractivity contribution is -0.384. The molecule has 1 atom stereocenters. The predicted octanol–water partition coefficient (Wildman–Crippen LogP) is 2.16. The summed E-state index contributed by atoms with van der Waals surface area (Å²) >= 11 is 0. The van der Waals surface area contributed by atoms with E-state index in [-0.39, 0.29) is 11.4 Å². The van der Waals surface area contributed by atoms with Crippen LogP contribution in [0.1, 0.15) is 19.3 Å². The molecule has 1 aliphatic heterocycles. The third kappa shape index (κ3) is 3.35. The van der Waals surface area contributed by atoms with Crippen molar-refractivity contribution in [3.05, 3.63) is 28.3 Å². The summed E-state index contributed by atoms with van der Waals surface area (Å²) in [6.45, 7) is 1.79. The summed E-state index contributed by atoms with van der Waals surface area (Å²) in [5.74, 6) is 0.286. The highest BCUT2D eigenvalue weighted by Gasteiger charge is 2.20. The normalized spacial score (nSPS) is 18.3. The summed E-state index contributed by atoms with van der Waals surface area (Å²) in [5, 5.41) is 17.6. The van der Waals surface area contributed by atoms with Crippen LogP contribution < -0.4 is 15.4 Å². The van der Waals surface area contributed by atoms with E-state index >= 15 is 0 Å². The van der Waals surface area contributed by atoms with Crippen LogP contribution >= 0.6 is 0 Å². The van der Waals surface area contributed by atoms with Gasteiger partial charge in [0.15, 0.2) is 5.75 Å². The van der Waals surface area contributed by atoms with Gasteiger partial charge in [-0.15, -0.1) is 0 Å². The van der Waals surface area contributed by atoms with E-state index in [0.29, 0.717) is 18.3 Å². The van der Waals surface area contributed by atoms with Crippen molar-refractivity contribution in [3.63, 3.8) is 0 Å². The zero-order valence-electron chi connectivity index (χ0n) is 11.0. The average Bonchev–Trinajstić information content (AvgIpc) is 2.91. The van der Waals surface area contributed by atoms with Crippen molar-refractivity contribution >= 4 is 11.4 Å². The first-order chi connectivity index (χ1) is 9.22. The third-order valence-corrected chi connectivity index (χ3v) is 3.37. The molecule has 1 aromatic carbocycles. The molecular formula is C13H19N3O3. The maximum absolute atomic E-state index is 11.1. The van der Waals surface area contributed by atoms with Gasteiger partial charge < -0.3 is 15.4 Å². The number of nitro benzene ring substituents is 1. The summed E-state index contributed by atoms with van der Waals surface area (Å²) in [6.07, 6.45) is 3.36. The fourth-order valence-corrected chi connectivity index (χ4v) is 2.40. The maximum Gasteiger partial charge on any atom is 0.333 e. The molecule has 1 heterocycles. The van der Waals surface area contributed by atoms with E-state index in [9.17, 15) is 10.1 Å². The summed E-state index contributed by atoms with van der Waals surface area (Å²) in [7, 11) is 1.44. The largest absolute Gasteiger partial charge is 0.490 e. The van der Waals surface area contributed by atoms with Gasteiger partial charge in [0.25, 0.3) is 0 Å². The van der Waals surface area contributed by atoms with Crippen LogP contribution in [0, 0.1) is 10.1 Å². The van der Waals surface area contributed by atoms with E-state index < -0.39 is 4.92 Å². The standard InChI is InChI=1S/C13H19N3O3/c1-19-12-6-2-5-11(13(12)16(17)18)15-9-7-10-4-3-8-14-10/h2,5-6,10,14-15H,3-4,7-9H2,1H3/t10-/m1/s1. The zero-order chi connectivity index (χ0) is 13.7. The number of ether oxygens (including phenoxy) is 1. The van der Waals surface area contributed by atoms with Gasteiger partial charge in [0.05, 0.1) is 12.0 Å². The molecule has 0 radical (unpaired) electrons. The molecule has 2 N–H and O–H groups in total. The van der Waals surface area contributed by atoms with E-state index in [1.165, 1.54) is 20.0 Å². The molecule has 0 amide bonds. The highest BCUT2D eigenvalue weighted by molar-refractivity contribution is 5.68. The Labute approximate surface area is 112 Å². The van der Waals surface area contributed by atoms with Gasteiger partial charge in [0.1, 0.15) is 5.69 Å². The minimum Gasteiger partial charge on any atom is -0.490 e. The molecule has 0 unspecified atom stereocenters. The van der Waals surface area contributed by atoms with Crippen LogP contribution in [0.2, 0.25) is 0 Å². The van der Waals surface area contributed by atoms with Crippen LogP contribution in [-0.4, -0.2) is 31.2 Å². The van der Waals surface area contributed by atoms with E-state index in [1.807, 2.05) is 0 Å². The second-order valence-corrected chi connectivity index (χ2v) is 4.62. The van der Waals surface area contributed by atoms with Crippen LogP contribution in [0.5, 0.6) is 5.75 Å². The number of rotatable bonds is 6. The van der Waals surface area contributed by atoms with Crippen molar-refractivity contribution in [1.29, 1.82) is 0 Å². The van der Waals surface area contributed by atoms with Crippen LogP contribution in [0.25, 0.3) is 0 Å². The van der Waals surface area contributed by atoms with Crippen molar-refractivity contribution in [2.45, 2.75) is 25.3 Å². The number of hydrogen-bond donors (Lipinski definition) is 2. The molecule has 1 fully saturated rings. The van der Waals surface area contributed by atoms with Gasteiger partial charge in [-0.2, -0.15) is 0 Å². The molecule has 0 spiro atoms. The Balaban J connectivity index is 2.00. The molecule has 1 saturated heterocycles. The topological polar surface area (TPSA) is 76.4 Å². The van der Waals surface area contributed by atoms with Gasteiger partial charge in [-0.05, 0) is 37.9 Å². The molecular weight excluding hydrogens is 246 g/mol. The lowest BCUT2D eigenvalue weighted by Crippen LogP contribution is -2.24. The fraction of sp³-hybridized carbons (Fsp3) is 0.538. The first-order valence-electron chi connectivity index (χ1n) is 6.51. The Morgan fingerprint density at radius 2 is 2.42 bits per heavy atom. The van der Waals surface area contributed by atoms with Gasteiger partial charge >= 0.3 is 5.69 Å². The molecule has 6 heteroatoms. The Hall–Kier alpha value is -1.82. The lowest BCUT2D eigenvalue weighted by Gasteiger charge is -2.12. The molecule has 1 aromatic rings. The van der Waals surface area contributed by atoms with Crippen molar-refractivity contribution < 1.29 is 9.66 Å². The van der Waals surface area contributed by atoms with Crippen molar-refractivity contribution in [1.82, 2.24) is 5.32 Å². The van der Waals surface area contributed by atoms with Crippen molar-refractivity contribution in [2.24, 2.45) is 0 Å². The quantitative estimate of drug-likeness (QED) is 0.609. The molecule has 19 heavy (non-hydrogen) atoms. The Kier molecular flexibility index (Phi) is 4.57. The van der Waals surface area contributed by atoms with Crippen LogP contribution in [0.15, 0.2) is 18.2 Å². The van der Waals surface area contributed by atoms with Crippen molar-refractivity contribution in [2.75, 3.05) is 25.5 Å². The highest BCUT2D eigenvalue weighted by Crippen LogP contribution is 2.34. The Morgan fingerprint density at radius 1 is 1.58 bits per heavy atom. The fourth-order valence-electron chi connectivity index (χ4n) is 2.40. The van der Waals surface area contributed by atoms with Crippen LogP contribution in [0.3, 0.4) is 0 Å². The zero-order valence-corrected chi connectivity index (χ0v) is 11.0. The smallest absolute Gasteiger partial charge is 0.333 e. The van der Waals surface area contributed by atoms with Gasteiger partial charge in [-0.3, -0.25) is 10.1 Å². The van der Waals surface area contributed by atoms with Gasteiger partial charge in [0, 0.05) is 12.6 Å². The number of nitrogens with one attached hydrogen (secondary N) is 2. The Morgan fingerprint density at radius 3 is 3.05 bits per heavy atom. The number of para-hydroxylation sites is 1. The second kappa shape index (κ2) is 6.38. The predicted molar refractivity (Wildman–Crippen MR) is 73.8 cm³/mol. The number of hydrogen-bond acceptors (Lipinski definition) is 5. The first kappa shape index (κ1) is 13.6. The molecule has 6 nitrogen and oxygen atoms in total. The number of benzene rings is 1. The second-order valence-electron chi connectivity index (χ2n) is 4.62. The minimum atomic E-state index is -0.408. The van der Waals surface area contributed by atoms with Gasteiger partial charge in [-0.1, -0.05) is 6.07 Å². The number of methoxy groups -OCH3 is 1. The van der Waals surface area contributed by atoms with E-state index in [2.05, 4.69) is 10.6 Å². The molecule has 0 bridgehead atoms.